The summed E-state index contributed by atoms with van der Waals surface area (Å²) in [5, 5.41) is 6.79. The van der Waals surface area contributed by atoms with Crippen LogP contribution in [0.1, 0.15) is 31.8 Å². The van der Waals surface area contributed by atoms with Crippen molar-refractivity contribution in [1.29, 1.82) is 0 Å². The highest BCUT2D eigenvalue weighted by Crippen LogP contribution is 2.22. The Labute approximate surface area is 282 Å². The second kappa shape index (κ2) is 17.0. The molecule has 6 nitrogen and oxygen atoms in total. The Morgan fingerprint density at radius 3 is 1.00 bits per heavy atom. The Bertz CT molecular complexity index is 1730. The van der Waals surface area contributed by atoms with Gasteiger partial charge in [0.25, 0.3) is 0 Å². The summed E-state index contributed by atoms with van der Waals surface area (Å²) in [6.07, 6.45) is 0. The number of benzene rings is 6. The number of esters is 2. The van der Waals surface area contributed by atoms with Crippen LogP contribution >= 0.6 is 0 Å². The molecule has 2 N–H and O–H groups in total. The van der Waals surface area contributed by atoms with Gasteiger partial charge in [-0.1, -0.05) is 109 Å². The molecule has 48 heavy (non-hydrogen) atoms. The van der Waals surface area contributed by atoms with Crippen molar-refractivity contribution in [2.45, 2.75) is 13.1 Å². The Kier molecular flexibility index (Phi) is 11.7. The Hall–Kier alpha value is -6.14. The average molecular weight is 635 g/mol. The molecule has 0 aromatic heterocycles. The van der Waals surface area contributed by atoms with Crippen molar-refractivity contribution < 1.29 is 19.1 Å². The number of rotatable bonds is 10. The fourth-order valence-corrected chi connectivity index (χ4v) is 4.98. The predicted molar refractivity (Wildman–Crippen MR) is 194 cm³/mol. The van der Waals surface area contributed by atoms with E-state index in [1.165, 1.54) is 25.3 Å². The highest BCUT2D eigenvalue weighted by molar-refractivity contribution is 5.90. The SMILES string of the molecule is COC(=O)c1ccc(-c2ccc(CNc3ccccc3)cc2)cc1.COC(=O)c1ccc(-c2ccc(CNc3ccccc3)cc2)cc1. The molecule has 6 aromatic rings. The zero-order chi connectivity index (χ0) is 33.6. The maximum absolute atomic E-state index is 11.5. The van der Waals surface area contributed by atoms with Crippen molar-refractivity contribution >= 4 is 23.3 Å². The van der Waals surface area contributed by atoms with Crippen LogP contribution in [0.25, 0.3) is 22.3 Å². The molecule has 0 amide bonds. The molecule has 0 heterocycles. The minimum Gasteiger partial charge on any atom is -0.465 e. The van der Waals surface area contributed by atoms with E-state index in [2.05, 4.69) is 83.4 Å². The molecule has 0 saturated carbocycles. The lowest BCUT2D eigenvalue weighted by Crippen LogP contribution is -2.00. The summed E-state index contributed by atoms with van der Waals surface area (Å²) in [6.45, 7) is 1.57. The number of carbonyl (C=O) groups excluding carboxylic acids is 2. The van der Waals surface area contributed by atoms with E-state index in [0.29, 0.717) is 11.1 Å². The summed E-state index contributed by atoms with van der Waals surface area (Å²) in [6, 6.07) is 52.0. The van der Waals surface area contributed by atoms with Gasteiger partial charge in [-0.2, -0.15) is 0 Å². The first-order valence-corrected chi connectivity index (χ1v) is 15.7. The van der Waals surface area contributed by atoms with Crippen LogP contribution in [0.4, 0.5) is 11.4 Å². The quantitative estimate of drug-likeness (QED) is 0.146. The normalized spacial score (nSPS) is 10.2. The van der Waals surface area contributed by atoms with E-state index in [1.807, 2.05) is 60.7 Å². The molecule has 0 aliphatic heterocycles. The molecule has 0 aliphatic rings. The van der Waals surface area contributed by atoms with Crippen LogP contribution < -0.4 is 10.6 Å². The first-order chi connectivity index (χ1) is 23.5. The van der Waals surface area contributed by atoms with Crippen molar-refractivity contribution in [2.24, 2.45) is 0 Å². The summed E-state index contributed by atoms with van der Waals surface area (Å²) in [4.78, 5) is 22.9. The van der Waals surface area contributed by atoms with Crippen LogP contribution in [0.3, 0.4) is 0 Å². The van der Waals surface area contributed by atoms with Crippen molar-refractivity contribution in [1.82, 2.24) is 0 Å². The van der Waals surface area contributed by atoms with Gasteiger partial charge in [-0.15, -0.1) is 0 Å². The van der Waals surface area contributed by atoms with E-state index in [4.69, 9.17) is 9.47 Å². The monoisotopic (exact) mass is 634 g/mol. The summed E-state index contributed by atoms with van der Waals surface area (Å²) >= 11 is 0. The third-order valence-electron chi connectivity index (χ3n) is 7.73. The van der Waals surface area contributed by atoms with Crippen LogP contribution in [0.15, 0.2) is 158 Å². The van der Waals surface area contributed by atoms with Crippen molar-refractivity contribution in [3.05, 3.63) is 180 Å². The summed E-state index contributed by atoms with van der Waals surface area (Å²) in [5.74, 6) is -0.632. The standard InChI is InChI=1S/2C21H19NO2/c2*1-24-21(23)19-13-11-18(12-14-19)17-9-7-16(8-10-17)15-22-20-5-3-2-4-6-20/h2*2-14,22H,15H2,1H3. The lowest BCUT2D eigenvalue weighted by molar-refractivity contribution is 0.0592. The van der Waals surface area contributed by atoms with Gasteiger partial charge in [0.1, 0.15) is 0 Å². The molecular weight excluding hydrogens is 596 g/mol. The Balaban J connectivity index is 0.000000188. The number of carbonyl (C=O) groups is 2. The molecule has 0 spiro atoms. The summed E-state index contributed by atoms with van der Waals surface area (Å²) in [5.41, 5.74) is 10.2. The fourth-order valence-electron chi connectivity index (χ4n) is 4.98. The number of nitrogens with one attached hydrogen (secondary N) is 2. The van der Waals surface area contributed by atoms with E-state index >= 15 is 0 Å². The number of hydrogen-bond donors (Lipinski definition) is 2. The van der Waals surface area contributed by atoms with Crippen LogP contribution in [0.2, 0.25) is 0 Å². The number of methoxy groups -OCH3 is 2. The molecule has 0 aliphatic carbocycles. The molecule has 0 saturated heterocycles. The van der Waals surface area contributed by atoms with E-state index < -0.39 is 0 Å². The zero-order valence-electron chi connectivity index (χ0n) is 27.1. The minimum absolute atomic E-state index is 0.316. The highest BCUT2D eigenvalue weighted by Gasteiger charge is 2.07. The van der Waals surface area contributed by atoms with Gasteiger partial charge in [0, 0.05) is 24.5 Å². The first kappa shape index (κ1) is 33.2. The van der Waals surface area contributed by atoms with Crippen LogP contribution in [0.5, 0.6) is 0 Å². The topological polar surface area (TPSA) is 76.7 Å². The van der Waals surface area contributed by atoms with Gasteiger partial charge < -0.3 is 20.1 Å². The Morgan fingerprint density at radius 2 is 0.708 bits per heavy atom. The molecule has 0 fully saturated rings. The number of anilines is 2. The Morgan fingerprint density at radius 1 is 0.417 bits per heavy atom. The molecular formula is C42H38N2O4. The second-order valence-electron chi connectivity index (χ2n) is 11.0. The van der Waals surface area contributed by atoms with Crippen molar-refractivity contribution in [2.75, 3.05) is 24.9 Å². The number of ether oxygens (including phenoxy) is 2. The molecule has 0 unspecified atom stereocenters. The first-order valence-electron chi connectivity index (χ1n) is 15.7. The minimum atomic E-state index is -0.316. The fraction of sp³-hybridized carbons (Fsp3) is 0.0952. The van der Waals surface area contributed by atoms with Crippen molar-refractivity contribution in [3.63, 3.8) is 0 Å². The van der Waals surface area contributed by atoms with Crippen molar-refractivity contribution in [3.8, 4) is 22.3 Å². The lowest BCUT2D eigenvalue weighted by Gasteiger charge is -2.08. The van der Waals surface area contributed by atoms with Crippen LogP contribution in [-0.2, 0) is 22.6 Å². The van der Waals surface area contributed by atoms with Gasteiger partial charge in [-0.3, -0.25) is 0 Å². The third-order valence-corrected chi connectivity index (χ3v) is 7.73. The average Bonchev–Trinajstić information content (AvgIpc) is 3.17. The van der Waals surface area contributed by atoms with Gasteiger partial charge in [0.2, 0.25) is 0 Å². The van der Waals surface area contributed by atoms with Crippen LogP contribution in [0, 0.1) is 0 Å². The summed E-state index contributed by atoms with van der Waals surface area (Å²) < 4.78 is 9.43. The summed E-state index contributed by atoms with van der Waals surface area (Å²) in [7, 11) is 2.77. The molecule has 0 atom stereocenters. The van der Waals surface area contributed by atoms with Gasteiger partial charge >= 0.3 is 11.9 Å². The van der Waals surface area contributed by atoms with E-state index in [1.54, 1.807) is 24.3 Å². The molecule has 0 radical (unpaired) electrons. The smallest absolute Gasteiger partial charge is 0.337 e. The van der Waals surface area contributed by atoms with E-state index in [-0.39, 0.29) is 11.9 Å². The van der Waals surface area contributed by atoms with Gasteiger partial charge in [0.05, 0.1) is 25.3 Å². The maximum atomic E-state index is 11.5. The molecule has 0 bridgehead atoms. The van der Waals surface area contributed by atoms with E-state index in [0.717, 1.165) is 46.7 Å². The molecule has 240 valence electrons. The lowest BCUT2D eigenvalue weighted by atomic mass is 10.0. The van der Waals surface area contributed by atoms with Crippen LogP contribution in [-0.4, -0.2) is 26.2 Å². The van der Waals surface area contributed by atoms with Gasteiger partial charge in [0.15, 0.2) is 0 Å². The third kappa shape index (κ3) is 9.44. The zero-order valence-corrected chi connectivity index (χ0v) is 27.1. The van der Waals surface area contributed by atoms with E-state index in [9.17, 15) is 9.59 Å². The maximum Gasteiger partial charge on any atom is 0.337 e. The predicted octanol–water partition coefficient (Wildman–Crippen LogP) is 9.50. The number of hydrogen-bond acceptors (Lipinski definition) is 6. The molecule has 6 aromatic carbocycles. The second-order valence-corrected chi connectivity index (χ2v) is 11.0. The molecule has 6 rings (SSSR count). The van der Waals surface area contributed by atoms with Gasteiger partial charge in [-0.25, -0.2) is 9.59 Å². The largest absolute Gasteiger partial charge is 0.465 e. The molecule has 6 heteroatoms. The highest BCUT2D eigenvalue weighted by atomic mass is 16.5. The van der Waals surface area contributed by atoms with Gasteiger partial charge in [-0.05, 0) is 81.9 Å². The number of para-hydroxylation sites is 2.